The van der Waals surface area contributed by atoms with Crippen molar-refractivity contribution in [3.05, 3.63) is 57.1 Å². The number of esters is 1. The van der Waals surface area contributed by atoms with E-state index in [2.05, 4.69) is 14.7 Å². The Morgan fingerprint density at radius 1 is 0.857 bits per heavy atom. The van der Waals surface area contributed by atoms with Gasteiger partial charge in [0.2, 0.25) is 0 Å². The number of aromatic carboxylic acids is 1. The molecule has 2 aromatic rings. The number of carboxylic acid groups (broad SMARTS) is 1. The van der Waals surface area contributed by atoms with Crippen LogP contribution in [0.3, 0.4) is 0 Å². The van der Waals surface area contributed by atoms with Crippen LogP contribution in [0.25, 0.3) is 0 Å². The van der Waals surface area contributed by atoms with Crippen molar-refractivity contribution in [3.8, 4) is 0 Å². The molecule has 0 saturated carbocycles. The van der Waals surface area contributed by atoms with Gasteiger partial charge in [0.1, 0.15) is 10.3 Å². The number of pyridine rings is 2. The number of amides is 2. The monoisotopic (exact) mass is 526 g/mol. The number of hydrogen-bond acceptors (Lipinski definition) is 7. The van der Waals surface area contributed by atoms with E-state index in [9.17, 15) is 19.2 Å². The maximum absolute atomic E-state index is 12.0. The Bertz CT molecular complexity index is 1080. The van der Waals surface area contributed by atoms with Gasteiger partial charge >= 0.3 is 11.9 Å². The zero-order valence-electron chi connectivity index (χ0n) is 20.2. The first-order valence-electron chi connectivity index (χ1n) is 10.6. The summed E-state index contributed by atoms with van der Waals surface area (Å²) >= 11 is 11.4. The molecule has 2 aromatic heterocycles. The topological polar surface area (TPSA) is 130 Å². The molecular formula is C23H28Cl2N4O6. The Balaban J connectivity index is 0.000000351. The number of carbonyl (C=O) groups excluding carboxylic acids is 3. The molecule has 35 heavy (non-hydrogen) atoms. The molecule has 0 aliphatic heterocycles. The van der Waals surface area contributed by atoms with E-state index in [0.717, 1.165) is 12.8 Å². The van der Waals surface area contributed by atoms with Crippen LogP contribution in [0.4, 0.5) is 0 Å². The van der Waals surface area contributed by atoms with E-state index < -0.39 is 11.9 Å². The van der Waals surface area contributed by atoms with Crippen molar-refractivity contribution in [2.75, 3.05) is 34.3 Å². The van der Waals surface area contributed by atoms with Crippen molar-refractivity contribution in [3.63, 3.8) is 0 Å². The molecule has 2 amide bonds. The number of ether oxygens (including phenoxy) is 1. The second kappa shape index (κ2) is 14.2. The molecule has 0 saturated heterocycles. The number of methoxy groups -OCH3 is 1. The Morgan fingerprint density at radius 2 is 1.26 bits per heavy atom. The van der Waals surface area contributed by atoms with Crippen LogP contribution in [0.5, 0.6) is 0 Å². The summed E-state index contributed by atoms with van der Waals surface area (Å²) in [7, 11) is 4.59. The summed E-state index contributed by atoms with van der Waals surface area (Å²) in [5.41, 5.74) is 0.468. The smallest absolute Gasteiger partial charge is 0.341 e. The van der Waals surface area contributed by atoms with Crippen molar-refractivity contribution < 1.29 is 29.0 Å². The summed E-state index contributed by atoms with van der Waals surface area (Å²) in [4.78, 5) is 56.7. The van der Waals surface area contributed by atoms with Crippen LogP contribution in [0.2, 0.25) is 10.3 Å². The van der Waals surface area contributed by atoms with Crippen molar-refractivity contribution >= 4 is 47.0 Å². The molecule has 2 rings (SSSR count). The van der Waals surface area contributed by atoms with E-state index in [1.807, 2.05) is 13.8 Å². The standard InChI is InChI=1S/C12H15ClN2O3.C11H13ClN2O3/c1-4-5-15(2)11(16)8-6-9(12(17)18-3)10(13)14-7-8;1-3-4-14(2)10(15)7-5-8(11(16)17)9(12)13-6-7/h6-7H,4-5H2,1-3H3;5-6H,3-4H2,1-2H3,(H,16,17). The summed E-state index contributed by atoms with van der Waals surface area (Å²) in [5, 5.41) is 8.77. The third kappa shape index (κ3) is 8.48. The highest BCUT2D eigenvalue weighted by atomic mass is 35.5. The molecule has 0 aliphatic carbocycles. The lowest BCUT2D eigenvalue weighted by molar-refractivity contribution is 0.0599. The first-order valence-corrected chi connectivity index (χ1v) is 11.4. The maximum atomic E-state index is 12.0. The molecule has 0 fully saturated rings. The highest BCUT2D eigenvalue weighted by molar-refractivity contribution is 6.32. The van der Waals surface area contributed by atoms with Gasteiger partial charge in [-0.2, -0.15) is 0 Å². The maximum Gasteiger partial charge on any atom is 0.341 e. The molecule has 0 spiro atoms. The molecule has 1 N–H and O–H groups in total. The van der Waals surface area contributed by atoms with E-state index in [4.69, 9.17) is 28.3 Å². The van der Waals surface area contributed by atoms with Gasteiger partial charge in [0, 0.05) is 39.6 Å². The molecule has 0 aliphatic rings. The first-order chi connectivity index (χ1) is 16.5. The fourth-order valence-electron chi connectivity index (χ4n) is 2.85. The van der Waals surface area contributed by atoms with Gasteiger partial charge in [0.05, 0.1) is 29.4 Å². The van der Waals surface area contributed by atoms with Gasteiger partial charge in [-0.15, -0.1) is 0 Å². The third-order valence-corrected chi connectivity index (χ3v) is 5.22. The predicted octanol–water partition coefficient (Wildman–Crippen LogP) is 3.92. The van der Waals surface area contributed by atoms with Gasteiger partial charge in [-0.25, -0.2) is 19.6 Å². The largest absolute Gasteiger partial charge is 0.478 e. The highest BCUT2D eigenvalue weighted by Crippen LogP contribution is 2.17. The van der Waals surface area contributed by atoms with Gasteiger partial charge in [-0.1, -0.05) is 37.0 Å². The van der Waals surface area contributed by atoms with Gasteiger partial charge < -0.3 is 19.6 Å². The highest BCUT2D eigenvalue weighted by Gasteiger charge is 2.18. The van der Waals surface area contributed by atoms with Crippen LogP contribution in [0.1, 0.15) is 68.1 Å². The van der Waals surface area contributed by atoms with Crippen LogP contribution >= 0.6 is 23.2 Å². The van der Waals surface area contributed by atoms with E-state index in [-0.39, 0.29) is 38.8 Å². The average molecular weight is 527 g/mol. The minimum Gasteiger partial charge on any atom is -0.478 e. The second-order valence-corrected chi connectivity index (χ2v) is 8.09. The lowest BCUT2D eigenvalue weighted by Crippen LogP contribution is -2.27. The van der Waals surface area contributed by atoms with E-state index in [0.29, 0.717) is 18.7 Å². The zero-order valence-corrected chi connectivity index (χ0v) is 21.7. The fraction of sp³-hybridized carbons (Fsp3) is 0.391. The minimum atomic E-state index is -1.20. The average Bonchev–Trinajstić information content (AvgIpc) is 2.83. The first kappa shape index (κ1) is 29.8. The SMILES string of the molecule is CCCN(C)C(=O)c1cnc(Cl)c(C(=O)O)c1.CCCN(C)C(=O)c1cnc(Cl)c(C(=O)OC)c1. The van der Waals surface area contributed by atoms with Crippen molar-refractivity contribution in [1.82, 2.24) is 19.8 Å². The number of halogens is 2. The van der Waals surface area contributed by atoms with Crippen LogP contribution in [0.15, 0.2) is 24.5 Å². The van der Waals surface area contributed by atoms with Crippen molar-refractivity contribution in [2.24, 2.45) is 0 Å². The van der Waals surface area contributed by atoms with Crippen LogP contribution < -0.4 is 0 Å². The van der Waals surface area contributed by atoms with Gasteiger partial charge in [0.15, 0.2) is 0 Å². The molecule has 0 atom stereocenters. The molecule has 12 heteroatoms. The van der Waals surface area contributed by atoms with E-state index in [1.165, 1.54) is 36.5 Å². The van der Waals surface area contributed by atoms with Gasteiger partial charge in [-0.05, 0) is 25.0 Å². The third-order valence-electron chi connectivity index (χ3n) is 4.62. The van der Waals surface area contributed by atoms with Gasteiger partial charge in [0.25, 0.3) is 11.8 Å². The van der Waals surface area contributed by atoms with Crippen LogP contribution in [-0.2, 0) is 4.74 Å². The van der Waals surface area contributed by atoms with Gasteiger partial charge in [-0.3, -0.25) is 9.59 Å². The summed E-state index contributed by atoms with van der Waals surface area (Å²) in [6.07, 6.45) is 4.31. The zero-order chi connectivity index (χ0) is 26.7. The van der Waals surface area contributed by atoms with E-state index in [1.54, 1.807) is 19.0 Å². The second-order valence-electron chi connectivity index (χ2n) is 7.37. The number of nitrogens with zero attached hydrogens (tertiary/aromatic N) is 4. The lowest BCUT2D eigenvalue weighted by atomic mass is 10.2. The van der Waals surface area contributed by atoms with Crippen molar-refractivity contribution in [2.45, 2.75) is 26.7 Å². The number of aromatic nitrogens is 2. The summed E-state index contributed by atoms with van der Waals surface area (Å²) < 4.78 is 4.57. The normalized spacial score (nSPS) is 10.0. The Labute approximate surface area is 213 Å². The number of carbonyl (C=O) groups is 4. The lowest BCUT2D eigenvalue weighted by Gasteiger charge is -2.16. The fourth-order valence-corrected chi connectivity index (χ4v) is 3.21. The summed E-state index contributed by atoms with van der Waals surface area (Å²) in [6, 6.07) is 2.64. The van der Waals surface area contributed by atoms with E-state index >= 15 is 0 Å². The molecular weight excluding hydrogens is 499 g/mol. The molecule has 0 unspecified atom stereocenters. The Hall–Kier alpha value is -3.24. The summed E-state index contributed by atoms with van der Waals surface area (Å²) in [6.45, 7) is 5.16. The molecule has 0 radical (unpaired) electrons. The molecule has 0 aromatic carbocycles. The summed E-state index contributed by atoms with van der Waals surface area (Å²) in [5.74, 6) is -2.28. The molecule has 0 bridgehead atoms. The Morgan fingerprint density at radius 3 is 1.63 bits per heavy atom. The molecule has 2 heterocycles. The molecule has 10 nitrogen and oxygen atoms in total. The van der Waals surface area contributed by atoms with Crippen molar-refractivity contribution in [1.29, 1.82) is 0 Å². The van der Waals surface area contributed by atoms with Crippen LogP contribution in [0, 0.1) is 0 Å². The number of rotatable bonds is 8. The number of carboxylic acids is 1. The predicted molar refractivity (Wildman–Crippen MR) is 131 cm³/mol. The quantitative estimate of drug-likeness (QED) is 0.404. The number of hydrogen-bond donors (Lipinski definition) is 1. The minimum absolute atomic E-state index is 0.0246. The van der Waals surface area contributed by atoms with Crippen LogP contribution in [-0.4, -0.2) is 82.9 Å². The molecule has 190 valence electrons. The Kier molecular flexibility index (Phi) is 12.1.